The monoisotopic (exact) mass is 932 g/mol. The molecule has 0 atom stereocenters. The molecule has 2 saturated heterocycles. The van der Waals surface area contributed by atoms with E-state index in [1.807, 2.05) is 48.8 Å². The van der Waals surface area contributed by atoms with Crippen LogP contribution in [-0.4, -0.2) is 92.6 Å². The van der Waals surface area contributed by atoms with Crippen molar-refractivity contribution < 1.29 is 32.3 Å². The van der Waals surface area contributed by atoms with Gasteiger partial charge in [0.2, 0.25) is 5.75 Å². The van der Waals surface area contributed by atoms with Gasteiger partial charge in [0.25, 0.3) is 15.9 Å². The molecule has 2 fully saturated rings. The topological polar surface area (TPSA) is 160 Å². The zero-order valence-corrected chi connectivity index (χ0v) is 38.6. The van der Waals surface area contributed by atoms with Gasteiger partial charge in [-0.05, 0) is 121 Å². The summed E-state index contributed by atoms with van der Waals surface area (Å²) >= 11 is 6.25. The van der Waals surface area contributed by atoms with E-state index in [0.717, 1.165) is 92.5 Å². The number of hydrogen-bond donors (Lipinski definition) is 2. The van der Waals surface area contributed by atoms with Crippen LogP contribution in [0.1, 0.15) is 61.9 Å². The van der Waals surface area contributed by atoms with E-state index < -0.39 is 31.4 Å². The SMILES string of the molecule is CC1(C)CCC(CN2CCN(c3ccc(C(=O)NS(=O)(=O)c4ccc(OC5=CCN(C6CCOCC6)C=C5)c([N+](=O)[O-])c4)c(Oc4ccc5[nH]ccc5c4)c3)CC2)=C(c2ccc(Cl)cc2)C1. The fraction of sp³-hybridized carbons (Fsp3) is 0.340. The number of ether oxygens (including phenoxy) is 3. The Hall–Kier alpha value is -6.13. The van der Waals surface area contributed by atoms with E-state index in [0.29, 0.717) is 37.3 Å². The predicted molar refractivity (Wildman–Crippen MR) is 256 cm³/mol. The maximum Gasteiger partial charge on any atom is 0.312 e. The van der Waals surface area contributed by atoms with Gasteiger partial charge >= 0.3 is 5.69 Å². The van der Waals surface area contributed by atoms with Crippen molar-refractivity contribution in [1.82, 2.24) is 19.5 Å². The second-order valence-corrected chi connectivity index (χ2v) is 20.2. The molecule has 1 aliphatic carbocycles. The van der Waals surface area contributed by atoms with Crippen molar-refractivity contribution in [3.05, 3.63) is 147 Å². The van der Waals surface area contributed by atoms with Crippen LogP contribution in [0.4, 0.5) is 11.4 Å². The van der Waals surface area contributed by atoms with Crippen molar-refractivity contribution in [3.63, 3.8) is 0 Å². The molecule has 0 bridgehead atoms. The number of nitro benzene ring substituents is 1. The Morgan fingerprint density at radius 1 is 0.955 bits per heavy atom. The molecule has 0 saturated carbocycles. The van der Waals surface area contributed by atoms with Crippen LogP contribution in [0.2, 0.25) is 5.02 Å². The number of aromatic amines is 1. The molecule has 16 heteroatoms. The molecular formula is C50H53ClN6O8S. The number of halogens is 1. The number of nitro groups is 1. The number of H-pyrrole nitrogens is 1. The third-order valence-corrected chi connectivity index (χ3v) is 14.6. The number of aromatic nitrogens is 1. The van der Waals surface area contributed by atoms with Gasteiger partial charge in [0.05, 0.1) is 15.4 Å². The minimum Gasteiger partial charge on any atom is -0.456 e. The zero-order chi connectivity index (χ0) is 46.0. The third kappa shape index (κ3) is 10.3. The van der Waals surface area contributed by atoms with Gasteiger partial charge in [-0.2, -0.15) is 0 Å². The molecule has 14 nitrogen and oxygen atoms in total. The minimum absolute atomic E-state index is 0.0303. The summed E-state index contributed by atoms with van der Waals surface area (Å²) in [4.78, 5) is 35.1. The Morgan fingerprint density at radius 2 is 1.74 bits per heavy atom. The van der Waals surface area contributed by atoms with Crippen molar-refractivity contribution in [2.24, 2.45) is 5.41 Å². The average molecular weight is 934 g/mol. The highest BCUT2D eigenvalue weighted by Gasteiger charge is 2.31. The second kappa shape index (κ2) is 19.0. The number of sulfonamides is 1. The van der Waals surface area contributed by atoms with E-state index in [9.17, 15) is 23.3 Å². The zero-order valence-electron chi connectivity index (χ0n) is 37.0. The van der Waals surface area contributed by atoms with Gasteiger partial charge in [0.15, 0.2) is 0 Å². The molecule has 1 amide bonds. The third-order valence-electron chi connectivity index (χ3n) is 13.0. The Bertz CT molecular complexity index is 2840. The van der Waals surface area contributed by atoms with Crippen molar-refractivity contribution in [3.8, 4) is 17.2 Å². The van der Waals surface area contributed by atoms with Crippen LogP contribution in [-0.2, 0) is 14.8 Å². The number of carbonyl (C=O) groups is 1. The maximum atomic E-state index is 14.0. The first-order valence-electron chi connectivity index (χ1n) is 22.4. The lowest BCUT2D eigenvalue weighted by molar-refractivity contribution is -0.385. The van der Waals surface area contributed by atoms with E-state index in [-0.39, 0.29) is 22.5 Å². The largest absolute Gasteiger partial charge is 0.456 e. The molecule has 9 rings (SSSR count). The lowest BCUT2D eigenvalue weighted by atomic mass is 9.72. The van der Waals surface area contributed by atoms with Gasteiger partial charge in [-0.3, -0.25) is 19.8 Å². The van der Waals surface area contributed by atoms with E-state index in [2.05, 4.69) is 50.4 Å². The lowest BCUT2D eigenvalue weighted by Gasteiger charge is -2.39. The second-order valence-electron chi connectivity index (χ2n) is 18.1. The van der Waals surface area contributed by atoms with Crippen molar-refractivity contribution in [2.75, 3.05) is 57.4 Å². The van der Waals surface area contributed by atoms with E-state index in [1.165, 1.54) is 28.8 Å². The van der Waals surface area contributed by atoms with Crippen LogP contribution < -0.4 is 19.1 Å². The summed E-state index contributed by atoms with van der Waals surface area (Å²) in [6, 6.07) is 24.3. The molecule has 5 aromatic rings. The molecule has 3 aliphatic heterocycles. The first-order valence-corrected chi connectivity index (χ1v) is 24.2. The van der Waals surface area contributed by atoms with Crippen LogP contribution in [0.25, 0.3) is 16.5 Å². The lowest BCUT2D eigenvalue weighted by Crippen LogP contribution is -2.47. The number of anilines is 1. The number of allylic oxidation sites excluding steroid dienone is 2. The molecule has 4 heterocycles. The number of fused-ring (bicyclic) bond motifs is 1. The average Bonchev–Trinajstić information content (AvgIpc) is 3.79. The highest BCUT2D eigenvalue weighted by molar-refractivity contribution is 7.90. The Balaban J connectivity index is 0.915. The van der Waals surface area contributed by atoms with Crippen molar-refractivity contribution >= 4 is 55.4 Å². The predicted octanol–water partition coefficient (Wildman–Crippen LogP) is 9.70. The number of carbonyl (C=O) groups excluding carboxylic acids is 1. The van der Waals surface area contributed by atoms with Gasteiger partial charge in [0.1, 0.15) is 17.3 Å². The van der Waals surface area contributed by atoms with E-state index >= 15 is 0 Å². The van der Waals surface area contributed by atoms with Gasteiger partial charge in [-0.15, -0.1) is 0 Å². The van der Waals surface area contributed by atoms with Gasteiger partial charge in [-0.1, -0.05) is 43.2 Å². The maximum absolute atomic E-state index is 14.0. The standard InChI is InChI=1S/C50H53ClN6O8S/c1-50(2)19-13-36(44(32-50)34-3-5-37(51)6-4-34)33-54-23-25-56(26-24-54)39-7-10-43(48(30-39)65-41-8-11-45-35(29-41)14-20-52-45)49(58)53-66(61,62)42-9-12-47(46(31-42)57(59)60)64-40-15-21-55(22-16-40)38-17-27-63-28-18-38/h3-12,14-16,20-21,29-31,38,52H,13,17-19,22-28,32-33H2,1-2H3,(H,53,58). The van der Waals surface area contributed by atoms with Crippen molar-refractivity contribution in [1.29, 1.82) is 0 Å². The summed E-state index contributed by atoms with van der Waals surface area (Å²) < 4.78 is 47.5. The summed E-state index contributed by atoms with van der Waals surface area (Å²) in [6.45, 7) is 10.6. The van der Waals surface area contributed by atoms with Crippen LogP contribution in [0.3, 0.4) is 0 Å². The molecule has 66 heavy (non-hydrogen) atoms. The number of rotatable bonds is 13. The van der Waals surface area contributed by atoms with Gasteiger partial charge in [0, 0.05) is 105 Å². The fourth-order valence-electron chi connectivity index (χ4n) is 9.21. The molecule has 1 aromatic heterocycles. The number of nitrogens with zero attached hydrogens (tertiary/aromatic N) is 4. The minimum atomic E-state index is -4.61. The Morgan fingerprint density at radius 3 is 2.48 bits per heavy atom. The molecular weight excluding hydrogens is 880 g/mol. The van der Waals surface area contributed by atoms with E-state index in [1.54, 1.807) is 30.3 Å². The highest BCUT2D eigenvalue weighted by atomic mass is 35.5. The first-order chi connectivity index (χ1) is 31.8. The summed E-state index contributed by atoms with van der Waals surface area (Å²) in [7, 11) is -4.61. The molecule has 0 radical (unpaired) electrons. The van der Waals surface area contributed by atoms with Crippen LogP contribution in [0.15, 0.2) is 126 Å². The van der Waals surface area contributed by atoms with Crippen LogP contribution >= 0.6 is 11.6 Å². The quantitative estimate of drug-likeness (QED) is 0.0855. The number of amides is 1. The highest BCUT2D eigenvalue weighted by Crippen LogP contribution is 2.44. The summed E-state index contributed by atoms with van der Waals surface area (Å²) in [5.41, 5.74) is 5.45. The smallest absolute Gasteiger partial charge is 0.312 e. The Kier molecular flexibility index (Phi) is 13.0. The van der Waals surface area contributed by atoms with Gasteiger partial charge < -0.3 is 29.0 Å². The number of hydrogen-bond acceptors (Lipinski definition) is 11. The summed E-state index contributed by atoms with van der Waals surface area (Å²) in [5.74, 6) is -0.0983. The molecule has 2 N–H and O–H groups in total. The summed E-state index contributed by atoms with van der Waals surface area (Å²) in [6.07, 6.45) is 12.3. The number of piperazine rings is 1. The molecule has 4 aliphatic rings. The number of benzene rings is 4. The Labute approximate surface area is 389 Å². The van der Waals surface area contributed by atoms with E-state index in [4.69, 9.17) is 25.8 Å². The van der Waals surface area contributed by atoms with Crippen LogP contribution in [0.5, 0.6) is 17.2 Å². The molecule has 4 aromatic carbocycles. The molecule has 0 unspecified atom stereocenters. The number of nitrogens with one attached hydrogen (secondary N) is 2. The molecule has 0 spiro atoms. The normalized spacial score (nSPS) is 18.3. The van der Waals surface area contributed by atoms with Crippen molar-refractivity contribution in [2.45, 2.75) is 56.9 Å². The molecule has 344 valence electrons. The first kappa shape index (κ1) is 45.0. The van der Waals surface area contributed by atoms with Crippen LogP contribution in [0, 0.1) is 15.5 Å². The van der Waals surface area contributed by atoms with Gasteiger partial charge in [-0.25, -0.2) is 13.1 Å². The summed E-state index contributed by atoms with van der Waals surface area (Å²) in [5, 5.41) is 13.9. The fourth-order valence-corrected chi connectivity index (χ4v) is 10.3.